The summed E-state index contributed by atoms with van der Waals surface area (Å²) in [5.74, 6) is 0.888. The highest BCUT2D eigenvalue weighted by molar-refractivity contribution is 6.99. The van der Waals surface area contributed by atoms with Gasteiger partial charge in [0.1, 0.15) is 6.61 Å². The number of carbonyl (C=O) groups is 1. The van der Waals surface area contributed by atoms with Gasteiger partial charge >= 0.3 is 6.09 Å². The second-order valence-corrected chi connectivity index (χ2v) is 15.6. The normalized spacial score (nSPS) is 23.4. The van der Waals surface area contributed by atoms with Crippen LogP contribution in [0.4, 0.5) is 4.79 Å². The first-order valence-corrected chi connectivity index (χ1v) is 15.0. The fraction of sp³-hybridized carbons (Fsp3) is 0.387. The van der Waals surface area contributed by atoms with Gasteiger partial charge in [0, 0.05) is 12.1 Å². The van der Waals surface area contributed by atoms with Gasteiger partial charge in [-0.1, -0.05) is 112 Å². The lowest BCUT2D eigenvalue weighted by molar-refractivity contribution is 0.104. The third-order valence-electron chi connectivity index (χ3n) is 8.05. The summed E-state index contributed by atoms with van der Waals surface area (Å²) < 4.78 is 12.9. The molecule has 5 rings (SSSR count). The summed E-state index contributed by atoms with van der Waals surface area (Å²) in [5.41, 5.74) is 0.999. The fourth-order valence-electron chi connectivity index (χ4n) is 6.38. The molecule has 0 saturated heterocycles. The summed E-state index contributed by atoms with van der Waals surface area (Å²) in [6.07, 6.45) is 2.93. The van der Waals surface area contributed by atoms with Crippen molar-refractivity contribution in [2.45, 2.75) is 63.8 Å². The highest BCUT2D eigenvalue weighted by Gasteiger charge is 2.55. The number of nitrogens with one attached hydrogen (secondary N) is 1. The van der Waals surface area contributed by atoms with E-state index in [1.54, 1.807) is 0 Å². The van der Waals surface area contributed by atoms with E-state index in [1.807, 2.05) is 30.3 Å². The first-order chi connectivity index (χ1) is 17.4. The molecule has 2 aliphatic rings. The van der Waals surface area contributed by atoms with Crippen LogP contribution in [0.1, 0.15) is 45.6 Å². The minimum Gasteiger partial charge on any atom is -0.445 e. The quantitative estimate of drug-likeness (QED) is 0.427. The van der Waals surface area contributed by atoms with E-state index in [0.717, 1.165) is 24.8 Å². The molecule has 2 saturated carbocycles. The maximum absolute atomic E-state index is 12.5. The van der Waals surface area contributed by atoms with Gasteiger partial charge in [0.15, 0.2) is 0 Å². The Labute approximate surface area is 216 Å². The predicted molar refractivity (Wildman–Crippen MR) is 147 cm³/mol. The van der Waals surface area contributed by atoms with Crippen LogP contribution in [0.2, 0.25) is 5.04 Å². The molecule has 0 radical (unpaired) electrons. The van der Waals surface area contributed by atoms with Gasteiger partial charge < -0.3 is 14.5 Å². The summed E-state index contributed by atoms with van der Waals surface area (Å²) in [6, 6.07) is 31.7. The molecule has 188 valence electrons. The van der Waals surface area contributed by atoms with Gasteiger partial charge in [0.25, 0.3) is 8.32 Å². The monoisotopic (exact) mass is 499 g/mol. The largest absolute Gasteiger partial charge is 0.445 e. The van der Waals surface area contributed by atoms with Gasteiger partial charge in [-0.15, -0.1) is 0 Å². The van der Waals surface area contributed by atoms with E-state index in [4.69, 9.17) is 9.16 Å². The number of rotatable bonds is 7. The van der Waals surface area contributed by atoms with Crippen molar-refractivity contribution in [2.75, 3.05) is 0 Å². The summed E-state index contributed by atoms with van der Waals surface area (Å²) in [4.78, 5) is 12.5. The Morgan fingerprint density at radius 3 is 1.86 bits per heavy atom. The van der Waals surface area contributed by atoms with Crippen molar-refractivity contribution < 1.29 is 14.0 Å². The maximum atomic E-state index is 12.5. The molecule has 4 atom stereocenters. The van der Waals surface area contributed by atoms with Crippen LogP contribution in [0, 0.1) is 11.8 Å². The summed E-state index contributed by atoms with van der Waals surface area (Å²) in [6.45, 7) is 7.30. The van der Waals surface area contributed by atoms with Crippen LogP contribution in [0.3, 0.4) is 0 Å². The standard InChI is InChI=1S/C31H37NO3Si/c1-31(2,3)36(26-15-9-5-10-16-26,27-17-11-6-12-18-27)35-29-21-24-19-25(29)20-28(24)32-30(33)34-22-23-13-7-4-8-14-23/h4-18,24-25,28-29H,19-22H2,1-3H3,(H,32,33)/t24-,25-,28-,29+/m1/s1. The molecular weight excluding hydrogens is 462 g/mol. The van der Waals surface area contributed by atoms with E-state index >= 15 is 0 Å². The first kappa shape index (κ1) is 24.8. The van der Waals surface area contributed by atoms with Crippen molar-refractivity contribution in [2.24, 2.45) is 11.8 Å². The van der Waals surface area contributed by atoms with Crippen molar-refractivity contribution in [3.05, 3.63) is 96.6 Å². The molecule has 3 aromatic rings. The Kier molecular flexibility index (Phi) is 7.04. The van der Waals surface area contributed by atoms with Crippen LogP contribution in [0.5, 0.6) is 0 Å². The molecular formula is C31H37NO3Si. The number of hydrogen-bond donors (Lipinski definition) is 1. The van der Waals surface area contributed by atoms with Crippen molar-refractivity contribution in [1.29, 1.82) is 0 Å². The molecule has 2 bridgehead atoms. The van der Waals surface area contributed by atoms with Crippen LogP contribution in [0.15, 0.2) is 91.0 Å². The van der Waals surface area contributed by atoms with Crippen LogP contribution < -0.4 is 15.7 Å². The predicted octanol–water partition coefficient (Wildman–Crippen LogP) is 5.66. The van der Waals surface area contributed by atoms with Gasteiger partial charge in [0.05, 0.1) is 0 Å². The van der Waals surface area contributed by atoms with Crippen molar-refractivity contribution in [3.8, 4) is 0 Å². The minimum absolute atomic E-state index is 0.0313. The number of alkyl carbamates (subject to hydrolysis) is 1. The van der Waals surface area contributed by atoms with E-state index in [9.17, 15) is 4.79 Å². The highest BCUT2D eigenvalue weighted by atomic mass is 28.4. The van der Waals surface area contributed by atoms with Crippen LogP contribution in [0.25, 0.3) is 0 Å². The van der Waals surface area contributed by atoms with Gasteiger partial charge in [-0.2, -0.15) is 0 Å². The topological polar surface area (TPSA) is 47.6 Å². The molecule has 0 heterocycles. The lowest BCUT2D eigenvalue weighted by atomic mass is 9.93. The molecule has 0 spiro atoms. The summed E-state index contributed by atoms with van der Waals surface area (Å²) in [7, 11) is -2.57. The highest BCUT2D eigenvalue weighted by Crippen LogP contribution is 2.49. The second-order valence-electron chi connectivity index (χ2n) is 11.4. The Balaban J connectivity index is 1.30. The zero-order chi connectivity index (χ0) is 25.2. The number of benzene rings is 3. The molecule has 4 nitrogen and oxygen atoms in total. The van der Waals surface area contributed by atoms with Crippen LogP contribution >= 0.6 is 0 Å². The molecule has 2 fully saturated rings. The number of fused-ring (bicyclic) bond motifs is 2. The third-order valence-corrected chi connectivity index (χ3v) is 13.1. The average molecular weight is 500 g/mol. The lowest BCUT2D eigenvalue weighted by Crippen LogP contribution is -2.68. The van der Waals surface area contributed by atoms with Crippen molar-refractivity contribution in [3.63, 3.8) is 0 Å². The molecule has 2 aliphatic carbocycles. The van der Waals surface area contributed by atoms with E-state index in [0.29, 0.717) is 18.4 Å². The number of hydrogen-bond acceptors (Lipinski definition) is 3. The smallest absolute Gasteiger partial charge is 0.407 e. The van der Waals surface area contributed by atoms with E-state index < -0.39 is 8.32 Å². The third kappa shape index (κ3) is 4.87. The SMILES string of the molecule is CC(C)(C)[Si](O[C@H]1C[C@H]2C[C@@H]1C[C@H]2NC(=O)OCc1ccccc1)(c1ccccc1)c1ccccc1. The Bertz CT molecular complexity index is 1110. The number of carbonyl (C=O) groups excluding carboxylic acids is 1. The van der Waals surface area contributed by atoms with E-state index in [1.165, 1.54) is 10.4 Å². The Morgan fingerprint density at radius 2 is 1.36 bits per heavy atom. The zero-order valence-corrected chi connectivity index (χ0v) is 22.5. The molecule has 0 unspecified atom stereocenters. The van der Waals surface area contributed by atoms with Gasteiger partial charge in [-0.3, -0.25) is 0 Å². The van der Waals surface area contributed by atoms with E-state index in [-0.39, 0.29) is 23.3 Å². The number of ether oxygens (including phenoxy) is 1. The molecule has 0 aliphatic heterocycles. The van der Waals surface area contributed by atoms with Crippen LogP contribution in [-0.4, -0.2) is 26.6 Å². The van der Waals surface area contributed by atoms with Gasteiger partial charge in [-0.25, -0.2) is 4.79 Å². The van der Waals surface area contributed by atoms with Crippen LogP contribution in [-0.2, 0) is 15.8 Å². The molecule has 5 heteroatoms. The van der Waals surface area contributed by atoms with E-state index in [2.05, 4.69) is 86.8 Å². The lowest BCUT2D eigenvalue weighted by Gasteiger charge is -2.46. The maximum Gasteiger partial charge on any atom is 0.407 e. The Morgan fingerprint density at radius 1 is 0.806 bits per heavy atom. The molecule has 3 aromatic carbocycles. The fourth-order valence-corrected chi connectivity index (χ4v) is 11.1. The molecule has 0 aromatic heterocycles. The molecule has 1 N–H and O–H groups in total. The van der Waals surface area contributed by atoms with Crippen molar-refractivity contribution in [1.82, 2.24) is 5.32 Å². The zero-order valence-electron chi connectivity index (χ0n) is 21.5. The number of amides is 1. The summed E-state index contributed by atoms with van der Waals surface area (Å²) >= 11 is 0. The molecule has 36 heavy (non-hydrogen) atoms. The average Bonchev–Trinajstić information content (AvgIpc) is 3.47. The minimum atomic E-state index is -2.57. The first-order valence-electron chi connectivity index (χ1n) is 13.1. The second kappa shape index (κ2) is 10.2. The summed E-state index contributed by atoms with van der Waals surface area (Å²) in [5, 5.41) is 5.77. The van der Waals surface area contributed by atoms with Gasteiger partial charge in [-0.05, 0) is 52.1 Å². The van der Waals surface area contributed by atoms with Gasteiger partial charge in [0.2, 0.25) is 0 Å². The molecule has 1 amide bonds. The van der Waals surface area contributed by atoms with Crippen molar-refractivity contribution >= 4 is 24.8 Å². The Hall–Kier alpha value is -2.89.